The monoisotopic (exact) mass is 325 g/mol. The highest BCUT2D eigenvalue weighted by Gasteiger charge is 2.44. The molecule has 3 nitrogen and oxygen atoms in total. The van der Waals surface area contributed by atoms with Gasteiger partial charge in [-0.1, -0.05) is 15.9 Å². The Kier molecular flexibility index (Phi) is 3.36. The average molecular weight is 326 g/mol. The number of hydrogen-bond acceptors (Lipinski definition) is 3. The van der Waals surface area contributed by atoms with Crippen molar-refractivity contribution in [2.75, 3.05) is 13.6 Å². The molecule has 0 aliphatic carbocycles. The summed E-state index contributed by atoms with van der Waals surface area (Å²) in [7, 11) is 2.15. The van der Waals surface area contributed by atoms with Crippen LogP contribution in [0.15, 0.2) is 22.7 Å². The van der Waals surface area contributed by atoms with E-state index in [2.05, 4.69) is 34.8 Å². The summed E-state index contributed by atoms with van der Waals surface area (Å²) in [5.74, 6) is 0.846. The fourth-order valence-corrected chi connectivity index (χ4v) is 3.66. The molecule has 3 rings (SSSR count). The molecule has 4 heteroatoms. The normalized spacial score (nSPS) is 34.9. The molecule has 2 aliphatic heterocycles. The van der Waals surface area contributed by atoms with Crippen LogP contribution in [0.2, 0.25) is 0 Å². The second-order valence-corrected chi connectivity index (χ2v) is 6.89. The number of piperidine rings is 1. The molecule has 104 valence electrons. The molecule has 0 saturated carbocycles. The Morgan fingerprint density at radius 1 is 1.42 bits per heavy atom. The van der Waals surface area contributed by atoms with E-state index in [1.807, 2.05) is 18.2 Å². The first kappa shape index (κ1) is 13.4. The second kappa shape index (κ2) is 4.76. The zero-order valence-electron chi connectivity index (χ0n) is 11.4. The number of benzene rings is 1. The van der Waals surface area contributed by atoms with Crippen LogP contribution >= 0.6 is 15.9 Å². The Morgan fingerprint density at radius 3 is 2.95 bits per heavy atom. The molecule has 0 bridgehead atoms. The van der Waals surface area contributed by atoms with Crippen molar-refractivity contribution in [3.05, 3.63) is 28.2 Å². The van der Waals surface area contributed by atoms with Crippen LogP contribution in [0, 0.1) is 0 Å². The molecule has 1 aromatic rings. The van der Waals surface area contributed by atoms with Gasteiger partial charge in [0.15, 0.2) is 0 Å². The van der Waals surface area contributed by atoms with Gasteiger partial charge < -0.3 is 14.7 Å². The minimum atomic E-state index is -0.420. The molecule has 3 atom stereocenters. The van der Waals surface area contributed by atoms with E-state index >= 15 is 0 Å². The summed E-state index contributed by atoms with van der Waals surface area (Å²) in [5, 5.41) is 10.4. The fourth-order valence-electron chi connectivity index (χ4n) is 3.28. The van der Waals surface area contributed by atoms with Crippen LogP contribution in [-0.2, 0) is 0 Å². The first-order chi connectivity index (χ1) is 8.99. The number of fused-ring (bicyclic) bond motifs is 1. The standard InChI is InChI=1S/C15H20BrNO2/c1-10-8-15(5-6-17(10)2)9-13(18)12-7-11(16)3-4-14(12)19-15/h3-4,7,10,13,18H,5-6,8-9H2,1-2H3. The van der Waals surface area contributed by atoms with Crippen molar-refractivity contribution in [1.82, 2.24) is 4.90 Å². The zero-order valence-corrected chi connectivity index (χ0v) is 13.0. The summed E-state index contributed by atoms with van der Waals surface area (Å²) >= 11 is 3.45. The van der Waals surface area contributed by atoms with Crippen LogP contribution < -0.4 is 4.74 Å². The molecule has 1 fully saturated rings. The van der Waals surface area contributed by atoms with E-state index in [1.54, 1.807) is 0 Å². The van der Waals surface area contributed by atoms with E-state index in [4.69, 9.17) is 4.74 Å². The number of nitrogens with zero attached hydrogens (tertiary/aromatic N) is 1. The first-order valence-corrected chi connectivity index (χ1v) is 7.65. The number of halogens is 1. The van der Waals surface area contributed by atoms with Gasteiger partial charge in [-0.15, -0.1) is 0 Å². The van der Waals surface area contributed by atoms with Crippen LogP contribution in [0.25, 0.3) is 0 Å². The smallest absolute Gasteiger partial charge is 0.126 e. The lowest BCUT2D eigenvalue weighted by molar-refractivity contribution is -0.0645. The maximum absolute atomic E-state index is 10.4. The number of aliphatic hydroxyl groups excluding tert-OH is 1. The molecule has 3 unspecified atom stereocenters. The minimum Gasteiger partial charge on any atom is -0.487 e. The Balaban J connectivity index is 1.90. The molecular weight excluding hydrogens is 306 g/mol. The zero-order chi connectivity index (χ0) is 13.6. The van der Waals surface area contributed by atoms with Crippen LogP contribution in [-0.4, -0.2) is 35.2 Å². The van der Waals surface area contributed by atoms with E-state index in [-0.39, 0.29) is 5.60 Å². The quantitative estimate of drug-likeness (QED) is 0.795. The van der Waals surface area contributed by atoms with Gasteiger partial charge in [0.25, 0.3) is 0 Å². The van der Waals surface area contributed by atoms with Crippen molar-refractivity contribution in [2.45, 2.75) is 43.9 Å². The molecule has 1 N–H and O–H groups in total. The maximum atomic E-state index is 10.4. The molecule has 1 aromatic carbocycles. The maximum Gasteiger partial charge on any atom is 0.126 e. The Labute approximate surface area is 122 Å². The van der Waals surface area contributed by atoms with Crippen molar-refractivity contribution in [1.29, 1.82) is 0 Å². The molecule has 2 heterocycles. The Hall–Kier alpha value is -0.580. The van der Waals surface area contributed by atoms with Crippen molar-refractivity contribution < 1.29 is 9.84 Å². The molecule has 0 aromatic heterocycles. The predicted octanol–water partition coefficient (Wildman–Crippen LogP) is 3.12. The van der Waals surface area contributed by atoms with Gasteiger partial charge in [-0.2, -0.15) is 0 Å². The van der Waals surface area contributed by atoms with E-state index in [0.717, 1.165) is 35.2 Å². The van der Waals surface area contributed by atoms with Crippen molar-refractivity contribution >= 4 is 15.9 Å². The highest BCUT2D eigenvalue weighted by molar-refractivity contribution is 9.10. The van der Waals surface area contributed by atoms with Gasteiger partial charge in [0.05, 0.1) is 6.10 Å². The lowest BCUT2D eigenvalue weighted by Crippen LogP contribution is -2.52. The molecule has 1 saturated heterocycles. The summed E-state index contributed by atoms with van der Waals surface area (Å²) in [5.41, 5.74) is 0.721. The lowest BCUT2D eigenvalue weighted by atomic mass is 9.79. The SMILES string of the molecule is CC1CC2(CCN1C)CC(O)c1cc(Br)ccc1O2. The third kappa shape index (κ3) is 2.41. The summed E-state index contributed by atoms with van der Waals surface area (Å²) in [6, 6.07) is 6.40. The summed E-state index contributed by atoms with van der Waals surface area (Å²) < 4.78 is 7.28. The van der Waals surface area contributed by atoms with Crippen molar-refractivity contribution in [3.8, 4) is 5.75 Å². The number of ether oxygens (including phenoxy) is 1. The van der Waals surface area contributed by atoms with Gasteiger partial charge in [-0.05, 0) is 38.6 Å². The second-order valence-electron chi connectivity index (χ2n) is 5.97. The van der Waals surface area contributed by atoms with Crippen LogP contribution in [0.3, 0.4) is 0 Å². The number of likely N-dealkylation sites (tertiary alicyclic amines) is 1. The van der Waals surface area contributed by atoms with Crippen molar-refractivity contribution in [3.63, 3.8) is 0 Å². The van der Waals surface area contributed by atoms with E-state index in [1.165, 1.54) is 0 Å². The summed E-state index contributed by atoms with van der Waals surface area (Å²) in [4.78, 5) is 2.36. The molecule has 19 heavy (non-hydrogen) atoms. The highest BCUT2D eigenvalue weighted by Crippen LogP contribution is 2.45. The largest absolute Gasteiger partial charge is 0.487 e. The number of aliphatic hydroxyl groups is 1. The highest BCUT2D eigenvalue weighted by atomic mass is 79.9. The molecule has 2 aliphatic rings. The first-order valence-electron chi connectivity index (χ1n) is 6.86. The van der Waals surface area contributed by atoms with Gasteiger partial charge in [0, 0.05) is 35.5 Å². The van der Waals surface area contributed by atoms with Crippen LogP contribution in [0.1, 0.15) is 37.9 Å². The van der Waals surface area contributed by atoms with Crippen LogP contribution in [0.4, 0.5) is 0 Å². The number of hydrogen-bond donors (Lipinski definition) is 1. The van der Waals surface area contributed by atoms with Gasteiger partial charge >= 0.3 is 0 Å². The topological polar surface area (TPSA) is 32.7 Å². The lowest BCUT2D eigenvalue weighted by Gasteiger charge is -2.47. The van der Waals surface area contributed by atoms with E-state index < -0.39 is 6.10 Å². The predicted molar refractivity (Wildman–Crippen MR) is 78.4 cm³/mol. The van der Waals surface area contributed by atoms with E-state index in [9.17, 15) is 5.11 Å². The number of rotatable bonds is 0. The third-order valence-electron chi connectivity index (χ3n) is 4.56. The van der Waals surface area contributed by atoms with Gasteiger partial charge in [-0.3, -0.25) is 0 Å². The van der Waals surface area contributed by atoms with Gasteiger partial charge in [0.1, 0.15) is 11.4 Å². The Morgan fingerprint density at radius 2 is 2.21 bits per heavy atom. The minimum absolute atomic E-state index is 0.188. The van der Waals surface area contributed by atoms with Crippen LogP contribution in [0.5, 0.6) is 5.75 Å². The van der Waals surface area contributed by atoms with Gasteiger partial charge in [0.2, 0.25) is 0 Å². The summed E-state index contributed by atoms with van der Waals surface area (Å²) in [6.07, 6.45) is 2.25. The third-order valence-corrected chi connectivity index (χ3v) is 5.06. The molecule has 0 radical (unpaired) electrons. The molecule has 0 amide bonds. The van der Waals surface area contributed by atoms with Gasteiger partial charge in [-0.25, -0.2) is 0 Å². The Bertz CT molecular complexity index is 493. The summed E-state index contributed by atoms with van der Waals surface area (Å²) in [6.45, 7) is 3.26. The fraction of sp³-hybridized carbons (Fsp3) is 0.600. The average Bonchev–Trinajstić information content (AvgIpc) is 2.36. The van der Waals surface area contributed by atoms with E-state index in [0.29, 0.717) is 12.5 Å². The molecule has 1 spiro atoms. The van der Waals surface area contributed by atoms with Crippen molar-refractivity contribution in [2.24, 2.45) is 0 Å². The molecular formula is C15H20BrNO2.